The van der Waals surface area contributed by atoms with Crippen molar-refractivity contribution in [3.8, 4) is 11.1 Å². The molecule has 2 nitrogen and oxygen atoms in total. The van der Waals surface area contributed by atoms with Gasteiger partial charge in [-0.1, -0.05) is 54.6 Å². The van der Waals surface area contributed by atoms with Crippen molar-refractivity contribution in [3.05, 3.63) is 83.8 Å². The predicted molar refractivity (Wildman–Crippen MR) is 99.5 cm³/mol. The molecule has 0 N–H and O–H groups in total. The fourth-order valence-corrected chi connectivity index (χ4v) is 3.51. The van der Waals surface area contributed by atoms with Crippen LogP contribution in [0.15, 0.2) is 76.0 Å². The van der Waals surface area contributed by atoms with Gasteiger partial charge in [0, 0.05) is 10.5 Å². The first-order valence-corrected chi connectivity index (χ1v) is 8.83. The monoisotopic (exact) mass is 335 g/mol. The van der Waals surface area contributed by atoms with Crippen molar-refractivity contribution < 1.29 is 9.21 Å². The second kappa shape index (κ2) is 7.45. The highest BCUT2D eigenvalue weighted by atomic mass is 32.2. The van der Waals surface area contributed by atoms with Gasteiger partial charge in [-0.15, -0.1) is 11.8 Å². The van der Waals surface area contributed by atoms with Crippen LogP contribution >= 0.6 is 11.8 Å². The number of aryl methyl sites for hydroxylation is 2. The lowest BCUT2D eigenvalue weighted by Gasteiger charge is -2.04. The van der Waals surface area contributed by atoms with E-state index < -0.39 is 0 Å². The van der Waals surface area contributed by atoms with Crippen molar-refractivity contribution in [2.45, 2.75) is 18.7 Å². The maximum absolute atomic E-state index is 12.4. The van der Waals surface area contributed by atoms with Crippen LogP contribution in [-0.2, 0) is 0 Å². The van der Waals surface area contributed by atoms with Gasteiger partial charge in [0.1, 0.15) is 0 Å². The molecule has 0 aliphatic heterocycles. The minimum atomic E-state index is 0.135. The van der Waals surface area contributed by atoms with E-state index in [1.807, 2.05) is 68.4 Å². The van der Waals surface area contributed by atoms with Gasteiger partial charge in [-0.05, 0) is 11.1 Å². The third kappa shape index (κ3) is 4.12. The molecular weight excluding hydrogens is 316 g/mol. The molecule has 0 fully saturated rings. The summed E-state index contributed by atoms with van der Waals surface area (Å²) in [7, 11) is 0. The smallest absolute Gasteiger partial charge is 0.293 e. The zero-order valence-electron chi connectivity index (χ0n) is 13.8. The van der Waals surface area contributed by atoms with Gasteiger partial charge in [0.25, 0.3) is 0 Å². The van der Waals surface area contributed by atoms with E-state index in [9.17, 15) is 4.79 Å². The molecule has 3 heteroatoms. The molecule has 120 valence electrons. The lowest BCUT2D eigenvalue weighted by molar-refractivity contribution is 0.102. The number of thioether (sulfide) groups is 1. The molecule has 1 heterocycles. The van der Waals surface area contributed by atoms with Crippen molar-refractivity contribution in [2.75, 3.05) is 5.75 Å². The van der Waals surface area contributed by atoms with Crippen LogP contribution in [-0.4, -0.2) is 11.5 Å². The first-order valence-electron chi connectivity index (χ1n) is 7.85. The van der Waals surface area contributed by atoms with Crippen LogP contribution in [0.2, 0.25) is 0 Å². The molecule has 1 aromatic heterocycles. The minimum absolute atomic E-state index is 0.135. The van der Waals surface area contributed by atoms with Crippen molar-refractivity contribution in [1.82, 2.24) is 0 Å². The van der Waals surface area contributed by atoms with Crippen molar-refractivity contribution in [2.24, 2.45) is 0 Å². The SMILES string of the molecule is Cc1cc(SCC(=O)c2ccc(-c3ccccc3)cc2)cc(C)[o+]1. The molecular formula is C21H19O2S+. The largest absolute Gasteiger partial charge is 0.327 e. The molecule has 2 aromatic carbocycles. The van der Waals surface area contributed by atoms with Crippen LogP contribution in [0.5, 0.6) is 0 Å². The molecule has 3 aromatic rings. The van der Waals surface area contributed by atoms with Crippen LogP contribution in [0.1, 0.15) is 21.9 Å². The van der Waals surface area contributed by atoms with Crippen molar-refractivity contribution in [3.63, 3.8) is 0 Å². The summed E-state index contributed by atoms with van der Waals surface area (Å²) in [4.78, 5) is 13.5. The molecule has 0 saturated carbocycles. The summed E-state index contributed by atoms with van der Waals surface area (Å²) in [5.41, 5.74) is 3.02. The molecule has 0 saturated heterocycles. The number of hydrogen-bond donors (Lipinski definition) is 0. The summed E-state index contributed by atoms with van der Waals surface area (Å²) in [6.45, 7) is 3.84. The van der Waals surface area contributed by atoms with Crippen LogP contribution in [0, 0.1) is 13.8 Å². The Morgan fingerprint density at radius 2 is 1.46 bits per heavy atom. The van der Waals surface area contributed by atoms with Gasteiger partial charge in [-0.2, -0.15) is 0 Å². The second-order valence-corrected chi connectivity index (χ2v) is 6.72. The standard InChI is InChI=1S/C21H19O2S/c1-15-12-20(13-16(2)23-15)24-14-21(22)19-10-8-18(9-11-19)17-6-4-3-5-7-17/h3-13H,14H2,1-2H3/q+1. The number of carbonyl (C=O) groups is 1. The second-order valence-electron chi connectivity index (χ2n) is 5.67. The lowest BCUT2D eigenvalue weighted by atomic mass is 10.0. The van der Waals surface area contributed by atoms with E-state index >= 15 is 0 Å². The summed E-state index contributed by atoms with van der Waals surface area (Å²) in [6, 6.07) is 21.9. The Balaban J connectivity index is 1.67. The third-order valence-corrected chi connectivity index (χ3v) is 4.67. The highest BCUT2D eigenvalue weighted by Crippen LogP contribution is 2.23. The van der Waals surface area contributed by atoms with E-state index in [4.69, 9.17) is 4.42 Å². The fraction of sp³-hybridized carbons (Fsp3) is 0.143. The Bertz CT molecular complexity index is 819. The maximum Gasteiger partial charge on any atom is 0.327 e. The van der Waals surface area contributed by atoms with Gasteiger partial charge in [-0.25, -0.2) is 4.42 Å². The zero-order chi connectivity index (χ0) is 16.9. The maximum atomic E-state index is 12.4. The number of carbonyl (C=O) groups excluding carboxylic acids is 1. The van der Waals surface area contributed by atoms with Gasteiger partial charge in [0.2, 0.25) is 0 Å². The Kier molecular flexibility index (Phi) is 5.11. The highest BCUT2D eigenvalue weighted by molar-refractivity contribution is 8.00. The van der Waals surface area contributed by atoms with E-state index in [0.29, 0.717) is 5.75 Å². The van der Waals surface area contributed by atoms with E-state index in [-0.39, 0.29) is 5.78 Å². The summed E-state index contributed by atoms with van der Waals surface area (Å²) in [6.07, 6.45) is 0. The summed E-state index contributed by atoms with van der Waals surface area (Å²) in [5.74, 6) is 2.28. The summed E-state index contributed by atoms with van der Waals surface area (Å²) >= 11 is 1.54. The molecule has 0 amide bonds. The average molecular weight is 335 g/mol. The summed E-state index contributed by atoms with van der Waals surface area (Å²) in [5, 5.41) is 0. The van der Waals surface area contributed by atoms with Crippen molar-refractivity contribution >= 4 is 17.5 Å². The number of Topliss-reactive ketones (excluding diaryl/α,β-unsaturated/α-hetero) is 1. The topological polar surface area (TPSA) is 28.4 Å². The number of benzene rings is 2. The van der Waals surface area contributed by atoms with E-state index in [0.717, 1.165) is 33.1 Å². The highest BCUT2D eigenvalue weighted by Gasteiger charge is 2.11. The van der Waals surface area contributed by atoms with Crippen LogP contribution in [0.25, 0.3) is 11.1 Å². The zero-order valence-corrected chi connectivity index (χ0v) is 14.6. The first-order chi connectivity index (χ1) is 11.6. The molecule has 0 aliphatic rings. The normalized spacial score (nSPS) is 10.6. The molecule has 3 rings (SSSR count). The molecule has 0 radical (unpaired) electrons. The van der Waals surface area contributed by atoms with Gasteiger partial charge in [0.05, 0.1) is 31.7 Å². The average Bonchev–Trinajstić information content (AvgIpc) is 2.60. The first kappa shape index (κ1) is 16.5. The molecule has 0 spiro atoms. The number of hydrogen-bond acceptors (Lipinski definition) is 2. The molecule has 0 atom stereocenters. The Morgan fingerprint density at radius 3 is 2.08 bits per heavy atom. The molecule has 0 bridgehead atoms. The predicted octanol–water partition coefficient (Wildman–Crippen LogP) is 5.82. The van der Waals surface area contributed by atoms with Crippen LogP contribution in [0.3, 0.4) is 0 Å². The lowest BCUT2D eigenvalue weighted by Crippen LogP contribution is -2.02. The van der Waals surface area contributed by atoms with E-state index in [1.54, 1.807) is 11.8 Å². The van der Waals surface area contributed by atoms with Crippen molar-refractivity contribution in [1.29, 1.82) is 0 Å². The third-order valence-electron chi connectivity index (χ3n) is 3.70. The Hall–Kier alpha value is -2.39. The fourth-order valence-electron chi connectivity index (χ4n) is 2.55. The number of rotatable bonds is 5. The quantitative estimate of drug-likeness (QED) is 0.334. The molecule has 0 unspecified atom stereocenters. The molecule has 24 heavy (non-hydrogen) atoms. The Labute approximate surface area is 146 Å². The van der Waals surface area contributed by atoms with Crippen LogP contribution < -0.4 is 0 Å². The Morgan fingerprint density at radius 1 is 0.875 bits per heavy atom. The minimum Gasteiger partial charge on any atom is -0.293 e. The van der Waals surface area contributed by atoms with Gasteiger partial charge in [0.15, 0.2) is 5.78 Å². The van der Waals surface area contributed by atoms with Gasteiger partial charge >= 0.3 is 11.5 Å². The van der Waals surface area contributed by atoms with Gasteiger partial charge < -0.3 is 0 Å². The summed E-state index contributed by atoms with van der Waals surface area (Å²) < 4.78 is 5.47. The molecule has 0 aliphatic carbocycles. The van der Waals surface area contributed by atoms with Crippen LogP contribution in [0.4, 0.5) is 0 Å². The number of ketones is 1. The van der Waals surface area contributed by atoms with E-state index in [2.05, 4.69) is 12.1 Å². The van der Waals surface area contributed by atoms with E-state index in [1.165, 1.54) is 0 Å². The van der Waals surface area contributed by atoms with Gasteiger partial charge in [-0.3, -0.25) is 4.79 Å².